The maximum Gasteiger partial charge on any atom is 0.273 e. The Hall–Kier alpha value is -2.29. The Morgan fingerprint density at radius 2 is 2.21 bits per heavy atom. The van der Waals surface area contributed by atoms with E-state index in [-0.39, 0.29) is 16.9 Å². The molecule has 2 rings (SSSR count). The summed E-state index contributed by atoms with van der Waals surface area (Å²) in [7, 11) is 0. The van der Waals surface area contributed by atoms with E-state index < -0.39 is 0 Å². The van der Waals surface area contributed by atoms with Crippen molar-refractivity contribution in [1.29, 1.82) is 5.26 Å². The van der Waals surface area contributed by atoms with Crippen LogP contribution < -0.4 is 11.3 Å². The van der Waals surface area contributed by atoms with Crippen molar-refractivity contribution in [3.63, 3.8) is 0 Å². The minimum Gasteiger partial charge on any atom is -0.383 e. The quantitative estimate of drug-likeness (QED) is 0.542. The summed E-state index contributed by atoms with van der Waals surface area (Å²) in [4.78, 5) is 15.2. The molecule has 0 spiro atoms. The van der Waals surface area contributed by atoms with Crippen molar-refractivity contribution in [2.45, 2.75) is 6.92 Å². The van der Waals surface area contributed by atoms with E-state index in [1.165, 1.54) is 0 Å². The number of anilines is 1. The number of aromatic amines is 2. The summed E-state index contributed by atoms with van der Waals surface area (Å²) in [5.74, 6) is 0.132. The SMILES string of the molecule is Cc1c(C#N)c(N)nc2[nH][nH]c(=O)c12. The van der Waals surface area contributed by atoms with Gasteiger partial charge in [0.05, 0.1) is 10.9 Å². The largest absolute Gasteiger partial charge is 0.383 e. The van der Waals surface area contributed by atoms with E-state index in [1.807, 2.05) is 6.07 Å². The van der Waals surface area contributed by atoms with Crippen LogP contribution in [-0.4, -0.2) is 15.2 Å². The normalized spacial score (nSPS) is 10.3. The number of nitrogens with two attached hydrogens (primary N) is 1. The Bertz CT molecular complexity index is 600. The average Bonchev–Trinajstić information content (AvgIpc) is 2.48. The van der Waals surface area contributed by atoms with Crippen molar-refractivity contribution in [1.82, 2.24) is 15.2 Å². The fourth-order valence-electron chi connectivity index (χ4n) is 1.41. The first-order valence-electron chi connectivity index (χ1n) is 3.91. The van der Waals surface area contributed by atoms with Crippen LogP contribution in [0.25, 0.3) is 11.0 Å². The smallest absolute Gasteiger partial charge is 0.273 e. The Balaban J connectivity index is 3.06. The molecular weight excluding hydrogens is 182 g/mol. The number of nitrogen functional groups attached to an aromatic ring is 1. The predicted octanol–water partition coefficient (Wildman–Crippen LogP) is 0.0135. The van der Waals surface area contributed by atoms with Crippen LogP contribution >= 0.6 is 0 Å². The van der Waals surface area contributed by atoms with Gasteiger partial charge in [0, 0.05) is 0 Å². The number of hydrogen-bond donors (Lipinski definition) is 3. The molecule has 0 radical (unpaired) electrons. The van der Waals surface area contributed by atoms with Gasteiger partial charge in [0.2, 0.25) is 0 Å². The maximum absolute atomic E-state index is 11.3. The van der Waals surface area contributed by atoms with Crippen LogP contribution in [0, 0.1) is 18.3 Å². The first-order chi connectivity index (χ1) is 6.65. The van der Waals surface area contributed by atoms with Gasteiger partial charge in [0.25, 0.3) is 5.56 Å². The monoisotopic (exact) mass is 189 g/mol. The standard InChI is InChI=1S/C8H7N5O/c1-3-4(2-9)6(10)11-7-5(3)8(14)13-12-7/h1H3,(H4,10,11,12,13,14). The van der Waals surface area contributed by atoms with Crippen LogP contribution in [0.4, 0.5) is 5.82 Å². The number of H-pyrrole nitrogens is 2. The lowest BCUT2D eigenvalue weighted by atomic mass is 10.1. The Morgan fingerprint density at radius 3 is 2.86 bits per heavy atom. The van der Waals surface area contributed by atoms with Crippen molar-refractivity contribution >= 4 is 16.9 Å². The second kappa shape index (κ2) is 2.60. The molecule has 0 atom stereocenters. The summed E-state index contributed by atoms with van der Waals surface area (Å²) in [6, 6.07) is 1.92. The molecule has 0 saturated heterocycles. The number of pyridine rings is 1. The fourth-order valence-corrected chi connectivity index (χ4v) is 1.41. The van der Waals surface area contributed by atoms with E-state index in [4.69, 9.17) is 11.0 Å². The minimum atomic E-state index is -0.290. The van der Waals surface area contributed by atoms with Gasteiger partial charge in [-0.25, -0.2) is 4.98 Å². The first-order valence-corrected chi connectivity index (χ1v) is 3.91. The van der Waals surface area contributed by atoms with E-state index in [1.54, 1.807) is 6.92 Å². The van der Waals surface area contributed by atoms with Gasteiger partial charge in [-0.1, -0.05) is 0 Å². The van der Waals surface area contributed by atoms with Gasteiger partial charge in [-0.15, -0.1) is 0 Å². The van der Waals surface area contributed by atoms with Gasteiger partial charge < -0.3 is 5.73 Å². The molecule has 0 saturated carbocycles. The lowest BCUT2D eigenvalue weighted by Gasteiger charge is -2.00. The zero-order chi connectivity index (χ0) is 10.3. The number of aromatic nitrogens is 3. The Kier molecular flexibility index (Phi) is 1.54. The highest BCUT2D eigenvalue weighted by Crippen LogP contribution is 2.19. The Labute approximate surface area is 78.4 Å². The van der Waals surface area contributed by atoms with Crippen molar-refractivity contribution in [3.8, 4) is 6.07 Å². The lowest BCUT2D eigenvalue weighted by molar-refractivity contribution is 1.07. The van der Waals surface area contributed by atoms with Crippen LogP contribution in [0.1, 0.15) is 11.1 Å². The van der Waals surface area contributed by atoms with Gasteiger partial charge in [-0.05, 0) is 12.5 Å². The summed E-state index contributed by atoms with van der Waals surface area (Å²) in [5.41, 5.74) is 6.43. The molecule has 14 heavy (non-hydrogen) atoms. The summed E-state index contributed by atoms with van der Waals surface area (Å²) in [6.45, 7) is 1.67. The number of fused-ring (bicyclic) bond motifs is 1. The van der Waals surface area contributed by atoms with Crippen molar-refractivity contribution in [2.75, 3.05) is 5.73 Å². The third-order valence-corrected chi connectivity index (χ3v) is 2.11. The molecule has 0 aliphatic carbocycles. The van der Waals surface area contributed by atoms with Crippen molar-refractivity contribution in [2.24, 2.45) is 0 Å². The summed E-state index contributed by atoms with van der Waals surface area (Å²) in [5, 5.41) is 14.2. The molecule has 0 bridgehead atoms. The highest BCUT2D eigenvalue weighted by molar-refractivity contribution is 5.83. The lowest BCUT2D eigenvalue weighted by Crippen LogP contribution is -2.03. The van der Waals surface area contributed by atoms with E-state index in [0.29, 0.717) is 16.6 Å². The number of rotatable bonds is 0. The van der Waals surface area contributed by atoms with E-state index in [2.05, 4.69) is 15.2 Å². The summed E-state index contributed by atoms with van der Waals surface area (Å²) < 4.78 is 0. The third kappa shape index (κ3) is 0.894. The topological polar surface area (TPSA) is 111 Å². The zero-order valence-corrected chi connectivity index (χ0v) is 7.38. The number of nitriles is 1. The predicted molar refractivity (Wildman–Crippen MR) is 50.6 cm³/mol. The fraction of sp³-hybridized carbons (Fsp3) is 0.125. The van der Waals surface area contributed by atoms with Crippen LogP contribution in [0.2, 0.25) is 0 Å². The zero-order valence-electron chi connectivity index (χ0n) is 7.38. The van der Waals surface area contributed by atoms with Gasteiger partial charge in [0.1, 0.15) is 11.9 Å². The molecule has 0 aromatic carbocycles. The molecule has 2 heterocycles. The van der Waals surface area contributed by atoms with Gasteiger partial charge in [-0.2, -0.15) is 5.26 Å². The van der Waals surface area contributed by atoms with E-state index in [9.17, 15) is 4.79 Å². The first kappa shape index (κ1) is 8.31. The second-order valence-electron chi connectivity index (χ2n) is 2.91. The van der Waals surface area contributed by atoms with Gasteiger partial charge >= 0.3 is 0 Å². The highest BCUT2D eigenvalue weighted by atomic mass is 16.1. The van der Waals surface area contributed by atoms with Crippen LogP contribution in [0.3, 0.4) is 0 Å². The average molecular weight is 189 g/mol. The molecule has 2 aromatic heterocycles. The van der Waals surface area contributed by atoms with Gasteiger partial charge in [0.15, 0.2) is 5.65 Å². The van der Waals surface area contributed by atoms with E-state index >= 15 is 0 Å². The van der Waals surface area contributed by atoms with Gasteiger partial charge in [-0.3, -0.25) is 15.0 Å². The number of aryl methyl sites for hydroxylation is 1. The molecular formula is C8H7N5O. The molecule has 2 aromatic rings. The molecule has 0 amide bonds. The Morgan fingerprint density at radius 1 is 1.50 bits per heavy atom. The number of nitrogens with one attached hydrogen (secondary N) is 2. The summed E-state index contributed by atoms with van der Waals surface area (Å²) >= 11 is 0. The van der Waals surface area contributed by atoms with Crippen molar-refractivity contribution in [3.05, 3.63) is 21.5 Å². The molecule has 6 heteroatoms. The molecule has 0 aliphatic heterocycles. The summed E-state index contributed by atoms with van der Waals surface area (Å²) in [6.07, 6.45) is 0. The van der Waals surface area contributed by atoms with Crippen molar-refractivity contribution < 1.29 is 0 Å². The third-order valence-electron chi connectivity index (χ3n) is 2.11. The second-order valence-corrected chi connectivity index (χ2v) is 2.91. The highest BCUT2D eigenvalue weighted by Gasteiger charge is 2.12. The van der Waals surface area contributed by atoms with Crippen LogP contribution in [0.15, 0.2) is 4.79 Å². The molecule has 0 fully saturated rings. The van der Waals surface area contributed by atoms with Crippen LogP contribution in [0.5, 0.6) is 0 Å². The molecule has 70 valence electrons. The molecule has 4 N–H and O–H groups in total. The molecule has 0 aliphatic rings. The maximum atomic E-state index is 11.3. The van der Waals surface area contributed by atoms with Crippen LogP contribution in [-0.2, 0) is 0 Å². The van der Waals surface area contributed by atoms with E-state index in [0.717, 1.165) is 0 Å². The minimum absolute atomic E-state index is 0.132. The molecule has 0 unspecified atom stereocenters. The number of hydrogen-bond acceptors (Lipinski definition) is 4. The number of nitrogens with zero attached hydrogens (tertiary/aromatic N) is 2. The molecule has 6 nitrogen and oxygen atoms in total.